The number of hydrogen-bond acceptors (Lipinski definition) is 3. The van der Waals surface area contributed by atoms with Crippen molar-refractivity contribution >= 4 is 5.91 Å². The van der Waals surface area contributed by atoms with Crippen molar-refractivity contribution in [1.82, 2.24) is 14.9 Å². The van der Waals surface area contributed by atoms with Crippen LogP contribution in [-0.4, -0.2) is 33.9 Å². The molecule has 1 N–H and O–H groups in total. The van der Waals surface area contributed by atoms with Crippen LogP contribution >= 0.6 is 0 Å². The van der Waals surface area contributed by atoms with Crippen molar-refractivity contribution in [1.29, 1.82) is 5.26 Å². The summed E-state index contributed by atoms with van der Waals surface area (Å²) in [6.45, 7) is 1.03. The lowest BCUT2D eigenvalue weighted by atomic mass is 9.95. The summed E-state index contributed by atoms with van der Waals surface area (Å²) >= 11 is 0. The Hall–Kier alpha value is -3.60. The third kappa shape index (κ3) is 4.31. The van der Waals surface area contributed by atoms with Gasteiger partial charge in [-0.3, -0.25) is 4.79 Å². The lowest BCUT2D eigenvalue weighted by Crippen LogP contribution is -2.38. The second kappa shape index (κ2) is 8.26. The average Bonchev–Trinajstić information content (AvgIpc) is 3.28. The molecule has 31 heavy (non-hydrogen) atoms. The first-order chi connectivity index (χ1) is 14.9. The van der Waals surface area contributed by atoms with E-state index in [1.165, 1.54) is 6.07 Å². The summed E-state index contributed by atoms with van der Waals surface area (Å²) in [5, 5.41) is 9.22. The zero-order chi connectivity index (χ0) is 22.0. The smallest absolute Gasteiger partial charge is 0.348 e. The Morgan fingerprint density at radius 1 is 1.13 bits per heavy atom. The molecule has 4 rings (SSSR count). The molecule has 0 unspecified atom stereocenters. The largest absolute Gasteiger partial charge is 0.416 e. The van der Waals surface area contributed by atoms with Crippen LogP contribution in [-0.2, 0) is 6.18 Å². The number of nitrogens with zero attached hydrogens (tertiary/aromatic N) is 3. The zero-order valence-electron chi connectivity index (χ0n) is 16.5. The minimum Gasteiger partial charge on any atom is -0.348 e. The summed E-state index contributed by atoms with van der Waals surface area (Å²) < 4.78 is 38.9. The molecule has 3 aromatic rings. The number of nitriles is 1. The molecule has 1 fully saturated rings. The molecule has 0 atom stereocenters. The van der Waals surface area contributed by atoms with Gasteiger partial charge in [-0.2, -0.15) is 18.4 Å². The van der Waals surface area contributed by atoms with Crippen molar-refractivity contribution in [2.24, 2.45) is 0 Å². The first kappa shape index (κ1) is 20.7. The van der Waals surface area contributed by atoms with E-state index in [-0.39, 0.29) is 11.8 Å². The third-order valence-electron chi connectivity index (χ3n) is 5.53. The minimum atomic E-state index is -4.40. The number of carbonyl (C=O) groups is 1. The maximum Gasteiger partial charge on any atom is 0.416 e. The van der Waals surface area contributed by atoms with E-state index in [9.17, 15) is 23.2 Å². The van der Waals surface area contributed by atoms with Gasteiger partial charge in [0, 0.05) is 30.8 Å². The van der Waals surface area contributed by atoms with E-state index in [4.69, 9.17) is 0 Å². The van der Waals surface area contributed by atoms with E-state index in [0.717, 1.165) is 12.1 Å². The Balaban J connectivity index is 1.44. The zero-order valence-corrected chi connectivity index (χ0v) is 16.5. The van der Waals surface area contributed by atoms with Crippen LogP contribution in [0.1, 0.15) is 46.1 Å². The molecule has 1 aromatic heterocycles. The highest BCUT2D eigenvalue weighted by molar-refractivity contribution is 5.96. The highest BCUT2D eigenvalue weighted by Gasteiger charge is 2.31. The van der Waals surface area contributed by atoms with Gasteiger partial charge < -0.3 is 9.88 Å². The average molecular weight is 424 g/mol. The normalized spacial score (nSPS) is 15.0. The lowest BCUT2D eigenvalue weighted by Gasteiger charge is -2.31. The fourth-order valence-electron chi connectivity index (χ4n) is 3.84. The molecule has 5 nitrogen and oxygen atoms in total. The van der Waals surface area contributed by atoms with E-state index < -0.39 is 11.7 Å². The highest BCUT2D eigenvalue weighted by atomic mass is 19.4. The van der Waals surface area contributed by atoms with Crippen molar-refractivity contribution in [3.63, 3.8) is 0 Å². The summed E-state index contributed by atoms with van der Waals surface area (Å²) in [7, 11) is 0. The summed E-state index contributed by atoms with van der Waals surface area (Å²) in [6.07, 6.45) is -1.43. The van der Waals surface area contributed by atoms with E-state index >= 15 is 0 Å². The highest BCUT2D eigenvalue weighted by Crippen LogP contribution is 2.33. The monoisotopic (exact) mass is 424 g/mol. The molecule has 1 aliphatic heterocycles. The number of piperidine rings is 1. The van der Waals surface area contributed by atoms with Crippen molar-refractivity contribution in [3.8, 4) is 17.3 Å². The predicted molar refractivity (Wildman–Crippen MR) is 108 cm³/mol. The minimum absolute atomic E-state index is 0.0785. The molecule has 0 aliphatic carbocycles. The predicted octanol–water partition coefficient (Wildman–Crippen LogP) is 4.99. The number of imidazole rings is 1. The quantitative estimate of drug-likeness (QED) is 0.644. The van der Waals surface area contributed by atoms with Gasteiger partial charge in [-0.25, -0.2) is 4.98 Å². The molecule has 2 aromatic carbocycles. The van der Waals surface area contributed by atoms with Crippen LogP contribution in [0, 0.1) is 11.3 Å². The Morgan fingerprint density at radius 3 is 2.58 bits per heavy atom. The van der Waals surface area contributed by atoms with Crippen LogP contribution in [0.25, 0.3) is 11.3 Å². The Bertz CT molecular complexity index is 1140. The van der Waals surface area contributed by atoms with Crippen LogP contribution < -0.4 is 0 Å². The van der Waals surface area contributed by atoms with Crippen LogP contribution in [0.2, 0.25) is 0 Å². The van der Waals surface area contributed by atoms with Crippen LogP contribution in [0.5, 0.6) is 0 Å². The van der Waals surface area contributed by atoms with Crippen LogP contribution in [0.15, 0.2) is 54.7 Å². The molecule has 0 bridgehead atoms. The van der Waals surface area contributed by atoms with Gasteiger partial charge in [-0.15, -0.1) is 0 Å². The van der Waals surface area contributed by atoms with Gasteiger partial charge in [0.1, 0.15) is 5.82 Å². The third-order valence-corrected chi connectivity index (χ3v) is 5.53. The number of nitrogens with one attached hydrogen (secondary N) is 1. The molecule has 0 radical (unpaired) electrons. The number of alkyl halides is 3. The molecule has 1 aliphatic rings. The summed E-state index contributed by atoms with van der Waals surface area (Å²) in [4.78, 5) is 22.1. The van der Waals surface area contributed by atoms with Gasteiger partial charge in [-0.05, 0) is 37.1 Å². The number of rotatable bonds is 3. The van der Waals surface area contributed by atoms with Crippen molar-refractivity contribution in [3.05, 3.63) is 77.2 Å². The Kier molecular flexibility index (Phi) is 5.51. The van der Waals surface area contributed by atoms with Gasteiger partial charge in [0.2, 0.25) is 0 Å². The Morgan fingerprint density at radius 2 is 1.87 bits per heavy atom. The van der Waals surface area contributed by atoms with E-state index in [1.807, 2.05) is 6.07 Å². The fraction of sp³-hybridized carbons (Fsp3) is 0.261. The SMILES string of the molecule is N#Cc1ccccc1C(=O)N1CCC(c2nc(-c3cccc(C(F)(F)F)c3)c[nH]2)CC1. The van der Waals surface area contributed by atoms with Gasteiger partial charge in [-0.1, -0.05) is 24.3 Å². The first-order valence-electron chi connectivity index (χ1n) is 9.88. The van der Waals surface area contributed by atoms with Crippen LogP contribution in [0.3, 0.4) is 0 Å². The number of carbonyl (C=O) groups excluding carboxylic acids is 1. The molecule has 0 spiro atoms. The van der Waals surface area contributed by atoms with Crippen molar-refractivity contribution in [2.75, 3.05) is 13.1 Å². The maximum atomic E-state index is 13.0. The van der Waals surface area contributed by atoms with E-state index in [2.05, 4.69) is 9.97 Å². The second-order valence-corrected chi connectivity index (χ2v) is 7.47. The van der Waals surface area contributed by atoms with Gasteiger partial charge in [0.05, 0.1) is 28.5 Å². The van der Waals surface area contributed by atoms with Crippen molar-refractivity contribution < 1.29 is 18.0 Å². The van der Waals surface area contributed by atoms with Gasteiger partial charge in [0.15, 0.2) is 0 Å². The fourth-order valence-corrected chi connectivity index (χ4v) is 3.84. The molecule has 158 valence electrons. The van der Waals surface area contributed by atoms with E-state index in [0.29, 0.717) is 54.1 Å². The first-order valence-corrected chi connectivity index (χ1v) is 9.88. The topological polar surface area (TPSA) is 72.8 Å². The molecule has 1 amide bonds. The van der Waals surface area contributed by atoms with Gasteiger partial charge >= 0.3 is 6.18 Å². The number of H-pyrrole nitrogens is 1. The van der Waals surface area contributed by atoms with Gasteiger partial charge in [0.25, 0.3) is 5.91 Å². The summed E-state index contributed by atoms with van der Waals surface area (Å²) in [5.74, 6) is 0.617. The molecule has 2 heterocycles. The Labute approximate surface area is 177 Å². The molecular formula is C23H19F3N4O. The van der Waals surface area contributed by atoms with E-state index in [1.54, 1.807) is 41.4 Å². The lowest BCUT2D eigenvalue weighted by molar-refractivity contribution is -0.137. The molecule has 0 saturated carbocycles. The second-order valence-electron chi connectivity index (χ2n) is 7.47. The van der Waals surface area contributed by atoms with Crippen LogP contribution in [0.4, 0.5) is 13.2 Å². The summed E-state index contributed by atoms with van der Waals surface area (Å²) in [5.41, 5.74) is 0.902. The molecular weight excluding hydrogens is 405 g/mol. The maximum absolute atomic E-state index is 13.0. The number of aromatic nitrogens is 2. The number of likely N-dealkylation sites (tertiary alicyclic amines) is 1. The number of halogens is 3. The summed E-state index contributed by atoms with van der Waals surface area (Å²) in [6, 6.07) is 13.9. The number of hydrogen-bond donors (Lipinski definition) is 1. The number of benzene rings is 2. The number of aromatic amines is 1. The number of amides is 1. The molecule has 8 heteroatoms. The standard InChI is InChI=1S/C23H19F3N4O/c24-23(25,26)18-6-3-5-16(12-18)20-14-28-21(29-20)15-8-10-30(11-9-15)22(31)19-7-2-1-4-17(19)13-27/h1-7,12,14-15H,8-11H2,(H,28,29). The molecule has 1 saturated heterocycles. The van der Waals surface area contributed by atoms with Crippen molar-refractivity contribution in [2.45, 2.75) is 24.9 Å².